The van der Waals surface area contributed by atoms with E-state index < -0.39 is 0 Å². The van der Waals surface area contributed by atoms with Crippen LogP contribution in [0.15, 0.2) is 46.3 Å². The Hall–Kier alpha value is -1.39. The van der Waals surface area contributed by atoms with Crippen molar-refractivity contribution in [1.82, 2.24) is 4.98 Å². The van der Waals surface area contributed by atoms with Gasteiger partial charge in [0.15, 0.2) is 0 Å². The van der Waals surface area contributed by atoms with Gasteiger partial charge in [-0.1, -0.05) is 35.0 Å². The highest BCUT2D eigenvalue weighted by atomic mass is 79.9. The highest BCUT2D eigenvalue weighted by molar-refractivity contribution is 9.10. The fourth-order valence-corrected chi connectivity index (χ4v) is 3.24. The van der Waals surface area contributed by atoms with Gasteiger partial charge in [-0.2, -0.15) is 0 Å². The molecule has 1 heterocycles. The lowest BCUT2D eigenvalue weighted by Crippen LogP contribution is -1.99. The lowest BCUT2D eigenvalue weighted by molar-refractivity contribution is 1.01. The first-order chi connectivity index (χ1) is 9.74. The van der Waals surface area contributed by atoms with Gasteiger partial charge in [0.25, 0.3) is 0 Å². The van der Waals surface area contributed by atoms with E-state index >= 15 is 0 Å². The van der Waals surface area contributed by atoms with Crippen LogP contribution >= 0.6 is 27.3 Å². The number of hydrogen-bond acceptors (Lipinski definition) is 3. The molecule has 2 nitrogen and oxygen atoms in total. The van der Waals surface area contributed by atoms with Crippen LogP contribution in [0.5, 0.6) is 0 Å². The summed E-state index contributed by atoms with van der Waals surface area (Å²) >= 11 is 5.23. The number of halogens is 1. The van der Waals surface area contributed by atoms with Crippen molar-refractivity contribution in [1.29, 1.82) is 0 Å². The zero-order valence-electron chi connectivity index (χ0n) is 11.2. The Morgan fingerprint density at radius 1 is 1.15 bits per heavy atom. The van der Waals surface area contributed by atoms with Crippen molar-refractivity contribution in [3.63, 3.8) is 0 Å². The maximum absolute atomic E-state index is 4.57. The molecule has 0 aliphatic heterocycles. The maximum atomic E-state index is 4.57. The first-order valence-electron chi connectivity index (χ1n) is 6.61. The highest BCUT2D eigenvalue weighted by Gasteiger charge is 2.01. The second-order valence-electron chi connectivity index (χ2n) is 4.65. The second kappa shape index (κ2) is 5.94. The number of nitrogens with one attached hydrogen (secondary N) is 1. The summed E-state index contributed by atoms with van der Waals surface area (Å²) in [5, 5.41) is 9.25. The van der Waals surface area contributed by atoms with Crippen molar-refractivity contribution in [3.05, 3.63) is 57.0 Å². The van der Waals surface area contributed by atoms with E-state index in [0.29, 0.717) is 0 Å². The molecule has 0 bridgehead atoms. The molecule has 2 aromatic carbocycles. The minimum Gasteiger partial charge on any atom is -0.379 e. The van der Waals surface area contributed by atoms with Gasteiger partial charge in [0.2, 0.25) is 0 Å². The number of anilines is 1. The fourth-order valence-electron chi connectivity index (χ4n) is 2.11. The molecule has 0 saturated heterocycles. The van der Waals surface area contributed by atoms with Crippen molar-refractivity contribution in [3.8, 4) is 0 Å². The zero-order chi connectivity index (χ0) is 13.9. The van der Waals surface area contributed by atoms with E-state index in [4.69, 9.17) is 0 Å². The molecule has 3 aromatic rings. The van der Waals surface area contributed by atoms with Gasteiger partial charge in [-0.05, 0) is 41.5 Å². The summed E-state index contributed by atoms with van der Waals surface area (Å²) in [5.74, 6) is 0. The summed E-state index contributed by atoms with van der Waals surface area (Å²) in [6.07, 6.45) is 1.01. The van der Waals surface area contributed by atoms with Crippen LogP contribution in [-0.4, -0.2) is 4.98 Å². The second-order valence-corrected chi connectivity index (χ2v) is 6.50. The summed E-state index contributed by atoms with van der Waals surface area (Å²) in [6.45, 7) is 2.91. The Morgan fingerprint density at radius 2 is 1.95 bits per heavy atom. The molecule has 0 radical (unpaired) electrons. The first-order valence-corrected chi connectivity index (χ1v) is 8.28. The number of aromatic nitrogens is 1. The Balaban J connectivity index is 1.75. The predicted molar refractivity (Wildman–Crippen MR) is 90.5 cm³/mol. The molecule has 3 rings (SSSR count). The highest BCUT2D eigenvalue weighted by Crippen LogP contribution is 2.23. The lowest BCUT2D eigenvalue weighted by atomic mass is 10.1. The van der Waals surface area contributed by atoms with Crippen molar-refractivity contribution >= 4 is 43.7 Å². The van der Waals surface area contributed by atoms with Crippen molar-refractivity contribution in [2.24, 2.45) is 0 Å². The molecule has 20 heavy (non-hydrogen) atoms. The van der Waals surface area contributed by atoms with Gasteiger partial charge in [0.05, 0.1) is 17.2 Å². The van der Waals surface area contributed by atoms with Crippen LogP contribution in [0.1, 0.15) is 17.6 Å². The van der Waals surface area contributed by atoms with Crippen LogP contribution in [0.2, 0.25) is 0 Å². The quantitative estimate of drug-likeness (QED) is 0.699. The fraction of sp³-hybridized carbons (Fsp3) is 0.188. The SMILES string of the molecule is CCc1nc(CNc2ccc3cc(Br)ccc3c2)cs1. The van der Waals surface area contributed by atoms with E-state index in [1.165, 1.54) is 15.8 Å². The van der Waals surface area contributed by atoms with Crippen LogP contribution in [0.4, 0.5) is 5.69 Å². The first kappa shape index (κ1) is 13.6. The van der Waals surface area contributed by atoms with E-state index in [9.17, 15) is 0 Å². The number of fused-ring (bicyclic) bond motifs is 1. The third-order valence-corrected chi connectivity index (χ3v) is 4.71. The molecule has 0 atom stereocenters. The van der Waals surface area contributed by atoms with Crippen molar-refractivity contribution in [2.75, 3.05) is 5.32 Å². The van der Waals surface area contributed by atoms with Crippen LogP contribution < -0.4 is 5.32 Å². The molecule has 0 fully saturated rings. The van der Waals surface area contributed by atoms with Gasteiger partial charge >= 0.3 is 0 Å². The Bertz CT molecular complexity index is 736. The largest absolute Gasteiger partial charge is 0.379 e. The molecule has 0 aliphatic rings. The third-order valence-electron chi connectivity index (χ3n) is 3.18. The topological polar surface area (TPSA) is 24.9 Å². The minimum absolute atomic E-state index is 0.776. The molecule has 0 saturated carbocycles. The van der Waals surface area contributed by atoms with Crippen LogP contribution in [0.25, 0.3) is 10.8 Å². The number of benzene rings is 2. The summed E-state index contributed by atoms with van der Waals surface area (Å²) in [6, 6.07) is 12.8. The molecular formula is C16H15BrN2S. The molecule has 4 heteroatoms. The van der Waals surface area contributed by atoms with Gasteiger partial charge < -0.3 is 5.32 Å². The maximum Gasteiger partial charge on any atom is 0.0926 e. The molecule has 0 aliphatic carbocycles. The Morgan fingerprint density at radius 3 is 2.75 bits per heavy atom. The van der Waals surface area contributed by atoms with Crippen molar-refractivity contribution in [2.45, 2.75) is 19.9 Å². The summed E-state index contributed by atoms with van der Waals surface area (Å²) in [5.41, 5.74) is 2.24. The standard InChI is InChI=1S/C16H15BrN2S/c1-2-16-19-15(10-20-16)9-18-14-6-4-11-7-13(17)5-3-12(11)8-14/h3-8,10,18H,2,9H2,1H3. The average Bonchev–Trinajstić information content (AvgIpc) is 2.93. The van der Waals surface area contributed by atoms with E-state index in [0.717, 1.165) is 28.8 Å². The summed E-state index contributed by atoms with van der Waals surface area (Å²) in [7, 11) is 0. The smallest absolute Gasteiger partial charge is 0.0926 e. The van der Waals surface area contributed by atoms with E-state index in [1.807, 2.05) is 0 Å². The van der Waals surface area contributed by atoms with Gasteiger partial charge in [-0.25, -0.2) is 4.98 Å². The molecule has 0 spiro atoms. The van der Waals surface area contributed by atoms with E-state index in [2.05, 4.69) is 74.9 Å². The summed E-state index contributed by atoms with van der Waals surface area (Å²) in [4.78, 5) is 4.57. The van der Waals surface area contributed by atoms with Crippen LogP contribution in [0, 0.1) is 0 Å². The number of nitrogens with zero attached hydrogens (tertiary/aromatic N) is 1. The lowest BCUT2D eigenvalue weighted by Gasteiger charge is -2.06. The van der Waals surface area contributed by atoms with Crippen LogP contribution in [0.3, 0.4) is 0 Å². The van der Waals surface area contributed by atoms with E-state index in [1.54, 1.807) is 11.3 Å². The predicted octanol–water partition coefficient (Wildman–Crippen LogP) is 5.23. The number of thiazole rings is 1. The van der Waals surface area contributed by atoms with Crippen molar-refractivity contribution < 1.29 is 0 Å². The summed E-state index contributed by atoms with van der Waals surface area (Å²) < 4.78 is 1.11. The molecule has 1 aromatic heterocycles. The monoisotopic (exact) mass is 346 g/mol. The molecule has 102 valence electrons. The van der Waals surface area contributed by atoms with E-state index in [-0.39, 0.29) is 0 Å². The average molecular weight is 347 g/mol. The Kier molecular flexibility index (Phi) is 4.03. The van der Waals surface area contributed by atoms with Gasteiger partial charge in [0, 0.05) is 15.5 Å². The molecule has 0 unspecified atom stereocenters. The number of rotatable bonds is 4. The number of aryl methyl sites for hydroxylation is 1. The van der Waals surface area contributed by atoms with Gasteiger partial charge in [-0.15, -0.1) is 11.3 Å². The molecular weight excluding hydrogens is 332 g/mol. The Labute approximate surface area is 131 Å². The molecule has 1 N–H and O–H groups in total. The normalized spacial score (nSPS) is 10.9. The molecule has 0 amide bonds. The number of hydrogen-bond donors (Lipinski definition) is 1. The van der Waals surface area contributed by atoms with Crippen LogP contribution in [-0.2, 0) is 13.0 Å². The third kappa shape index (κ3) is 3.02. The van der Waals surface area contributed by atoms with Gasteiger partial charge in [0.1, 0.15) is 0 Å². The van der Waals surface area contributed by atoms with Gasteiger partial charge in [-0.3, -0.25) is 0 Å². The minimum atomic E-state index is 0.776. The zero-order valence-corrected chi connectivity index (χ0v) is 13.6.